The average molecular weight is 448 g/mol. The molecule has 1 heterocycles. The Morgan fingerprint density at radius 2 is 1.69 bits per heavy atom. The van der Waals surface area contributed by atoms with Crippen molar-refractivity contribution in [1.82, 2.24) is 9.80 Å². The summed E-state index contributed by atoms with van der Waals surface area (Å²) >= 11 is 1.64. The van der Waals surface area contributed by atoms with Crippen LogP contribution >= 0.6 is 11.3 Å². The molecule has 4 rings (SSSR count). The van der Waals surface area contributed by atoms with Crippen LogP contribution in [0.5, 0.6) is 0 Å². The van der Waals surface area contributed by atoms with Crippen LogP contribution < -0.4 is 5.32 Å². The number of carbonyl (C=O) groups is 2. The molecular weight excluding hydrogens is 418 g/mol. The van der Waals surface area contributed by atoms with E-state index >= 15 is 0 Å². The molecule has 3 aromatic rings. The summed E-state index contributed by atoms with van der Waals surface area (Å²) < 4.78 is 0. The molecule has 0 radical (unpaired) electrons. The van der Waals surface area contributed by atoms with Gasteiger partial charge in [0.1, 0.15) is 6.54 Å². The molecule has 1 aliphatic carbocycles. The van der Waals surface area contributed by atoms with Gasteiger partial charge >= 0.3 is 6.03 Å². The maximum absolute atomic E-state index is 13.4. The van der Waals surface area contributed by atoms with Crippen LogP contribution in [0.3, 0.4) is 0 Å². The van der Waals surface area contributed by atoms with Crippen LogP contribution in [0.1, 0.15) is 35.8 Å². The topological polar surface area (TPSA) is 52.7 Å². The maximum atomic E-state index is 13.4. The highest BCUT2D eigenvalue weighted by atomic mass is 32.1. The van der Waals surface area contributed by atoms with Crippen LogP contribution in [0.2, 0.25) is 0 Å². The van der Waals surface area contributed by atoms with Gasteiger partial charge in [-0.2, -0.15) is 0 Å². The number of aryl methyl sites for hydroxylation is 1. The number of benzene rings is 2. The van der Waals surface area contributed by atoms with Gasteiger partial charge in [0.15, 0.2) is 0 Å². The van der Waals surface area contributed by atoms with Crippen molar-refractivity contribution >= 4 is 29.0 Å². The Kier molecular flexibility index (Phi) is 7.22. The largest absolute Gasteiger partial charge is 0.332 e. The molecule has 1 saturated carbocycles. The van der Waals surface area contributed by atoms with Gasteiger partial charge in [-0.15, -0.1) is 11.3 Å². The third-order valence-corrected chi connectivity index (χ3v) is 6.52. The first-order chi connectivity index (χ1) is 15.6. The van der Waals surface area contributed by atoms with E-state index in [1.165, 1.54) is 5.56 Å². The van der Waals surface area contributed by atoms with Gasteiger partial charge in [-0.1, -0.05) is 55.5 Å². The molecule has 0 bridgehead atoms. The minimum atomic E-state index is -0.208. The summed E-state index contributed by atoms with van der Waals surface area (Å²) in [6.07, 6.45) is 2.84. The normalized spacial score (nSPS) is 12.9. The van der Waals surface area contributed by atoms with Crippen molar-refractivity contribution in [3.8, 4) is 0 Å². The first-order valence-electron chi connectivity index (χ1n) is 11.1. The zero-order valence-electron chi connectivity index (χ0n) is 18.4. The van der Waals surface area contributed by atoms with Gasteiger partial charge in [0.25, 0.3) is 0 Å². The van der Waals surface area contributed by atoms with Crippen LogP contribution in [-0.2, 0) is 24.3 Å². The highest BCUT2D eigenvalue weighted by Crippen LogP contribution is 2.28. The average Bonchev–Trinajstić information content (AvgIpc) is 3.53. The van der Waals surface area contributed by atoms with E-state index in [0.717, 1.165) is 35.4 Å². The predicted octanol–water partition coefficient (Wildman–Crippen LogP) is 5.54. The van der Waals surface area contributed by atoms with E-state index < -0.39 is 0 Å². The molecule has 0 spiro atoms. The zero-order valence-corrected chi connectivity index (χ0v) is 19.2. The summed E-state index contributed by atoms with van der Waals surface area (Å²) in [5, 5.41) is 4.99. The van der Waals surface area contributed by atoms with E-state index in [2.05, 4.69) is 12.2 Å². The quantitative estimate of drug-likeness (QED) is 0.468. The Morgan fingerprint density at radius 3 is 2.31 bits per heavy atom. The summed E-state index contributed by atoms with van der Waals surface area (Å²) in [6, 6.07) is 21.8. The van der Waals surface area contributed by atoms with E-state index in [1.807, 2.05) is 77.0 Å². The van der Waals surface area contributed by atoms with Gasteiger partial charge in [0, 0.05) is 23.2 Å². The van der Waals surface area contributed by atoms with Crippen molar-refractivity contribution in [2.24, 2.45) is 0 Å². The van der Waals surface area contributed by atoms with Crippen LogP contribution in [0.4, 0.5) is 10.5 Å². The number of nitrogens with one attached hydrogen (secondary N) is 1. The Hall–Kier alpha value is -3.12. The summed E-state index contributed by atoms with van der Waals surface area (Å²) in [6.45, 7) is 3.26. The second-order valence-corrected chi connectivity index (χ2v) is 9.19. The molecule has 1 N–H and O–H groups in total. The fourth-order valence-corrected chi connectivity index (χ4v) is 4.36. The number of nitrogens with zero attached hydrogens (tertiary/aromatic N) is 2. The lowest BCUT2D eigenvalue weighted by Gasteiger charge is -2.28. The van der Waals surface area contributed by atoms with E-state index in [9.17, 15) is 9.59 Å². The minimum absolute atomic E-state index is 0.0365. The molecule has 166 valence electrons. The molecule has 0 atom stereocenters. The maximum Gasteiger partial charge on any atom is 0.322 e. The Morgan fingerprint density at radius 1 is 0.938 bits per heavy atom. The second kappa shape index (κ2) is 10.5. The third kappa shape index (κ3) is 5.98. The van der Waals surface area contributed by atoms with Gasteiger partial charge in [-0.05, 0) is 54.0 Å². The van der Waals surface area contributed by atoms with Crippen LogP contribution in [0.25, 0.3) is 0 Å². The van der Waals surface area contributed by atoms with E-state index in [0.29, 0.717) is 13.1 Å². The SMILES string of the molecule is CCc1ccc(NC(=O)N(CC(=O)N(Cc2ccccc2)Cc2cccs2)C2CC2)cc1. The zero-order chi connectivity index (χ0) is 22.3. The fraction of sp³-hybridized carbons (Fsp3) is 0.308. The monoisotopic (exact) mass is 447 g/mol. The molecule has 1 aromatic heterocycles. The first kappa shape index (κ1) is 22.1. The highest BCUT2D eigenvalue weighted by molar-refractivity contribution is 7.09. The van der Waals surface area contributed by atoms with Crippen molar-refractivity contribution in [1.29, 1.82) is 0 Å². The molecule has 1 fully saturated rings. The molecule has 0 aliphatic heterocycles. The fourth-order valence-electron chi connectivity index (χ4n) is 3.64. The van der Waals surface area contributed by atoms with Gasteiger partial charge in [0.2, 0.25) is 5.91 Å². The summed E-state index contributed by atoms with van der Waals surface area (Å²) in [5.41, 5.74) is 3.06. The molecule has 6 heteroatoms. The molecule has 0 unspecified atom stereocenters. The Balaban J connectivity index is 1.45. The van der Waals surface area contributed by atoms with Crippen LogP contribution in [0.15, 0.2) is 72.1 Å². The van der Waals surface area contributed by atoms with Crippen LogP contribution in [-0.4, -0.2) is 34.3 Å². The lowest BCUT2D eigenvalue weighted by atomic mass is 10.1. The number of amides is 3. The Bertz CT molecular complexity index is 1010. The predicted molar refractivity (Wildman–Crippen MR) is 130 cm³/mol. The molecule has 32 heavy (non-hydrogen) atoms. The second-order valence-electron chi connectivity index (χ2n) is 8.15. The van der Waals surface area contributed by atoms with Crippen molar-refractivity contribution in [3.63, 3.8) is 0 Å². The standard InChI is InChI=1S/C26H29N3O2S/c1-2-20-10-12-22(13-11-20)27-26(31)29(23-14-15-23)19-25(30)28(18-24-9-6-16-32-24)17-21-7-4-3-5-8-21/h3-13,16,23H,2,14-15,17-19H2,1H3,(H,27,31). The number of rotatable bonds is 9. The summed E-state index contributed by atoms with van der Waals surface area (Å²) in [4.78, 5) is 31.1. The van der Waals surface area contributed by atoms with Crippen molar-refractivity contribution in [2.75, 3.05) is 11.9 Å². The molecule has 1 aliphatic rings. The lowest BCUT2D eigenvalue weighted by molar-refractivity contribution is -0.133. The molecule has 2 aromatic carbocycles. The summed E-state index contributed by atoms with van der Waals surface area (Å²) in [5.74, 6) is -0.0365. The molecule has 3 amide bonds. The molecule has 0 saturated heterocycles. The lowest BCUT2D eigenvalue weighted by Crippen LogP contribution is -2.45. The molecular formula is C26H29N3O2S. The van der Waals surface area contributed by atoms with Crippen molar-refractivity contribution in [2.45, 2.75) is 45.3 Å². The smallest absolute Gasteiger partial charge is 0.322 e. The first-order valence-corrected chi connectivity index (χ1v) is 12.0. The number of hydrogen-bond donors (Lipinski definition) is 1. The van der Waals surface area contributed by atoms with Gasteiger partial charge < -0.3 is 15.1 Å². The minimum Gasteiger partial charge on any atom is -0.332 e. The highest BCUT2D eigenvalue weighted by Gasteiger charge is 2.35. The number of thiophene rings is 1. The number of hydrogen-bond acceptors (Lipinski definition) is 3. The summed E-state index contributed by atoms with van der Waals surface area (Å²) in [7, 11) is 0. The number of carbonyl (C=O) groups excluding carboxylic acids is 2. The number of urea groups is 1. The number of anilines is 1. The van der Waals surface area contributed by atoms with Crippen LogP contribution in [0, 0.1) is 0 Å². The van der Waals surface area contributed by atoms with E-state index in [-0.39, 0.29) is 24.5 Å². The van der Waals surface area contributed by atoms with Crippen molar-refractivity contribution in [3.05, 3.63) is 88.1 Å². The van der Waals surface area contributed by atoms with Crippen molar-refractivity contribution < 1.29 is 9.59 Å². The van der Waals surface area contributed by atoms with Gasteiger partial charge in [-0.3, -0.25) is 4.79 Å². The van der Waals surface area contributed by atoms with Gasteiger partial charge in [0.05, 0.1) is 6.54 Å². The van der Waals surface area contributed by atoms with E-state index in [1.54, 1.807) is 16.2 Å². The molecule has 5 nitrogen and oxygen atoms in total. The van der Waals surface area contributed by atoms with Gasteiger partial charge in [-0.25, -0.2) is 4.79 Å². The Labute approximate surface area is 193 Å². The van der Waals surface area contributed by atoms with E-state index in [4.69, 9.17) is 0 Å². The third-order valence-electron chi connectivity index (χ3n) is 5.66.